The van der Waals surface area contributed by atoms with Gasteiger partial charge in [-0.25, -0.2) is 4.39 Å². The number of oxime groups is 1. The predicted molar refractivity (Wildman–Crippen MR) is 100 cm³/mol. The lowest BCUT2D eigenvalue weighted by molar-refractivity contribution is -0.125. The molecule has 140 valence electrons. The number of benzene rings is 2. The van der Waals surface area contributed by atoms with Crippen molar-refractivity contribution in [3.8, 4) is 0 Å². The molecule has 2 N–H and O–H groups in total. The molecular weight excluding hydrogens is 349 g/mol. The third-order valence-corrected chi connectivity index (χ3v) is 4.08. The lowest BCUT2D eigenvalue weighted by Crippen LogP contribution is -2.30. The minimum Gasteiger partial charge on any atom is -0.382 e. The van der Waals surface area contributed by atoms with Crippen molar-refractivity contribution in [2.45, 2.75) is 25.9 Å². The molecule has 2 aromatic rings. The molecule has 6 nitrogen and oxygen atoms in total. The van der Waals surface area contributed by atoms with Gasteiger partial charge in [0.2, 0.25) is 6.10 Å². The molecule has 0 bridgehead atoms. The van der Waals surface area contributed by atoms with E-state index in [1.165, 1.54) is 12.1 Å². The molecule has 1 aliphatic rings. The van der Waals surface area contributed by atoms with Gasteiger partial charge in [-0.15, -0.1) is 0 Å². The summed E-state index contributed by atoms with van der Waals surface area (Å²) < 4.78 is 13.4. The maximum Gasteiger partial charge on any atom is 0.268 e. The summed E-state index contributed by atoms with van der Waals surface area (Å²) in [5.41, 5.74) is 1.86. The Labute approximate surface area is 156 Å². The van der Waals surface area contributed by atoms with Gasteiger partial charge in [0.05, 0.1) is 17.0 Å². The van der Waals surface area contributed by atoms with Gasteiger partial charge in [-0.1, -0.05) is 36.3 Å². The smallest absolute Gasteiger partial charge is 0.268 e. The molecule has 0 saturated carbocycles. The third-order valence-electron chi connectivity index (χ3n) is 4.08. The van der Waals surface area contributed by atoms with Crippen LogP contribution in [0, 0.1) is 5.82 Å². The molecular formula is C20H20FN3O3. The van der Waals surface area contributed by atoms with Crippen LogP contribution in [0.1, 0.15) is 35.7 Å². The van der Waals surface area contributed by atoms with Crippen LogP contribution in [0.2, 0.25) is 0 Å². The second-order valence-electron chi connectivity index (χ2n) is 6.14. The lowest BCUT2D eigenvalue weighted by Gasteiger charge is -2.13. The highest BCUT2D eigenvalue weighted by Crippen LogP contribution is 2.21. The molecule has 3 rings (SSSR count). The molecule has 0 radical (unpaired) electrons. The summed E-state index contributed by atoms with van der Waals surface area (Å²) >= 11 is 0. The van der Waals surface area contributed by atoms with Crippen LogP contribution in [0.4, 0.5) is 10.1 Å². The lowest BCUT2D eigenvalue weighted by atomic mass is 10.0. The fourth-order valence-electron chi connectivity index (χ4n) is 2.69. The van der Waals surface area contributed by atoms with Crippen LogP contribution in [-0.4, -0.2) is 30.2 Å². The van der Waals surface area contributed by atoms with E-state index >= 15 is 0 Å². The largest absolute Gasteiger partial charge is 0.382 e. The van der Waals surface area contributed by atoms with Crippen LogP contribution < -0.4 is 10.6 Å². The summed E-state index contributed by atoms with van der Waals surface area (Å²) in [4.78, 5) is 30.0. The van der Waals surface area contributed by atoms with E-state index in [0.29, 0.717) is 29.1 Å². The van der Waals surface area contributed by atoms with Gasteiger partial charge >= 0.3 is 0 Å². The van der Waals surface area contributed by atoms with Crippen molar-refractivity contribution in [1.82, 2.24) is 5.32 Å². The van der Waals surface area contributed by atoms with E-state index < -0.39 is 12.0 Å². The summed E-state index contributed by atoms with van der Waals surface area (Å²) in [6, 6.07) is 12.7. The van der Waals surface area contributed by atoms with Gasteiger partial charge in [-0.3, -0.25) is 9.59 Å². The summed E-state index contributed by atoms with van der Waals surface area (Å²) in [6.45, 7) is 2.51. The molecule has 1 aliphatic heterocycles. The van der Waals surface area contributed by atoms with Crippen molar-refractivity contribution in [1.29, 1.82) is 0 Å². The molecule has 1 atom stereocenters. The number of rotatable bonds is 6. The maximum atomic E-state index is 13.4. The molecule has 1 heterocycles. The number of halogens is 1. The highest BCUT2D eigenvalue weighted by molar-refractivity contribution is 6.08. The molecule has 0 unspecified atom stereocenters. The number of nitrogens with one attached hydrogen (secondary N) is 2. The molecule has 7 heteroatoms. The summed E-state index contributed by atoms with van der Waals surface area (Å²) in [5.74, 6) is -1.05. The highest BCUT2D eigenvalue weighted by Gasteiger charge is 2.29. The van der Waals surface area contributed by atoms with Gasteiger partial charge < -0.3 is 15.5 Å². The van der Waals surface area contributed by atoms with Crippen molar-refractivity contribution in [3.05, 3.63) is 65.5 Å². The van der Waals surface area contributed by atoms with Crippen molar-refractivity contribution < 1.29 is 18.8 Å². The van der Waals surface area contributed by atoms with Crippen molar-refractivity contribution >= 4 is 23.2 Å². The Morgan fingerprint density at radius 2 is 2.04 bits per heavy atom. The van der Waals surface area contributed by atoms with E-state index in [0.717, 1.165) is 6.42 Å². The Morgan fingerprint density at radius 1 is 1.22 bits per heavy atom. The van der Waals surface area contributed by atoms with E-state index in [1.807, 2.05) is 6.92 Å². The van der Waals surface area contributed by atoms with Gasteiger partial charge in [0.1, 0.15) is 5.82 Å². The molecule has 0 aliphatic carbocycles. The number of anilines is 1. The van der Waals surface area contributed by atoms with Crippen molar-refractivity contribution in [3.63, 3.8) is 0 Å². The second kappa shape index (κ2) is 8.44. The highest BCUT2D eigenvalue weighted by atomic mass is 19.1. The average Bonchev–Trinajstić information content (AvgIpc) is 3.17. The zero-order chi connectivity index (χ0) is 19.2. The number of hydrogen-bond acceptors (Lipinski definition) is 4. The van der Waals surface area contributed by atoms with Crippen molar-refractivity contribution in [2.24, 2.45) is 5.16 Å². The number of nitrogens with zero attached hydrogens (tertiary/aromatic N) is 1. The second-order valence-corrected chi connectivity index (χ2v) is 6.14. The Bertz CT molecular complexity index is 882. The standard InChI is InChI=1S/C20H20FN3O3/c1-2-10-22-19(25)15-8-3-4-9-16(15)23-20(26)18-12-17(24-27-18)13-6-5-7-14(21)11-13/h3-9,11,18H,2,10,12H2,1H3,(H,22,25)(H,23,26)/t18-/m1/s1. The van der Waals surface area contributed by atoms with Gasteiger partial charge in [-0.2, -0.15) is 0 Å². The topological polar surface area (TPSA) is 79.8 Å². The van der Waals surface area contributed by atoms with Gasteiger partial charge in [0, 0.05) is 18.5 Å². The van der Waals surface area contributed by atoms with E-state index in [1.54, 1.807) is 36.4 Å². The molecule has 0 spiro atoms. The van der Waals surface area contributed by atoms with E-state index in [9.17, 15) is 14.0 Å². The zero-order valence-electron chi connectivity index (χ0n) is 14.9. The number of amides is 2. The Kier molecular flexibility index (Phi) is 5.80. The SMILES string of the molecule is CCCNC(=O)c1ccccc1NC(=O)[C@H]1CC(c2cccc(F)c2)=NO1. The van der Waals surface area contributed by atoms with Crippen LogP contribution in [-0.2, 0) is 9.63 Å². The van der Waals surface area contributed by atoms with Crippen LogP contribution in [0.5, 0.6) is 0 Å². The van der Waals surface area contributed by atoms with E-state index in [2.05, 4.69) is 15.8 Å². The normalized spacial score (nSPS) is 15.6. The molecule has 0 fully saturated rings. The number of carbonyl (C=O) groups excluding carboxylic acids is 2. The van der Waals surface area contributed by atoms with Crippen LogP contribution in [0.25, 0.3) is 0 Å². The first-order valence-corrected chi connectivity index (χ1v) is 8.75. The first-order chi connectivity index (χ1) is 13.1. The summed E-state index contributed by atoms with van der Waals surface area (Å²) in [5, 5.41) is 9.41. The minimum absolute atomic E-state index is 0.222. The fraction of sp³-hybridized carbons (Fsp3) is 0.250. The first kappa shape index (κ1) is 18.6. The fourth-order valence-corrected chi connectivity index (χ4v) is 2.69. The molecule has 2 aromatic carbocycles. The monoisotopic (exact) mass is 369 g/mol. The van der Waals surface area contributed by atoms with Gasteiger partial charge in [-0.05, 0) is 30.7 Å². The molecule has 2 amide bonds. The third kappa shape index (κ3) is 4.49. The predicted octanol–water partition coefficient (Wildman–Crippen LogP) is 3.10. The van der Waals surface area contributed by atoms with Gasteiger partial charge in [0.15, 0.2) is 0 Å². The number of carbonyl (C=O) groups is 2. The minimum atomic E-state index is -0.838. The Morgan fingerprint density at radius 3 is 2.81 bits per heavy atom. The van der Waals surface area contributed by atoms with Crippen LogP contribution in [0.15, 0.2) is 53.7 Å². The molecule has 0 aromatic heterocycles. The van der Waals surface area contributed by atoms with E-state index in [4.69, 9.17) is 4.84 Å². The summed E-state index contributed by atoms with van der Waals surface area (Å²) in [7, 11) is 0. The zero-order valence-corrected chi connectivity index (χ0v) is 14.9. The van der Waals surface area contributed by atoms with Crippen LogP contribution in [0.3, 0.4) is 0 Å². The summed E-state index contributed by atoms with van der Waals surface area (Å²) in [6.07, 6.45) is 0.200. The maximum absolute atomic E-state index is 13.4. The molecule has 0 saturated heterocycles. The number of hydrogen-bond donors (Lipinski definition) is 2. The van der Waals surface area contributed by atoms with E-state index in [-0.39, 0.29) is 18.1 Å². The Balaban J connectivity index is 1.66. The van der Waals surface area contributed by atoms with Gasteiger partial charge in [0.25, 0.3) is 11.8 Å². The van der Waals surface area contributed by atoms with Crippen molar-refractivity contribution in [2.75, 3.05) is 11.9 Å². The first-order valence-electron chi connectivity index (χ1n) is 8.75. The molecule has 27 heavy (non-hydrogen) atoms. The van der Waals surface area contributed by atoms with Crippen LogP contribution >= 0.6 is 0 Å². The quantitative estimate of drug-likeness (QED) is 0.821. The number of para-hydroxylation sites is 1. The Hall–Kier alpha value is -3.22. The average molecular weight is 369 g/mol.